The molecule has 3 aliphatic heterocycles. The third kappa shape index (κ3) is 6.15. The van der Waals surface area contributed by atoms with Gasteiger partial charge < -0.3 is 19.9 Å². The average Bonchev–Trinajstić information content (AvgIpc) is 3.25. The third-order valence-corrected chi connectivity index (χ3v) is 7.27. The summed E-state index contributed by atoms with van der Waals surface area (Å²) in [6.45, 7) is 11.1. The summed E-state index contributed by atoms with van der Waals surface area (Å²) in [4.78, 5) is 12.9. The maximum Gasteiger partial charge on any atom is 0.194 e. The molecule has 0 aliphatic carbocycles. The number of aromatic nitrogens is 2. The van der Waals surface area contributed by atoms with Crippen molar-refractivity contribution < 1.29 is 4.74 Å². The van der Waals surface area contributed by atoms with Crippen LogP contribution in [-0.4, -0.2) is 102 Å². The van der Waals surface area contributed by atoms with E-state index in [4.69, 9.17) is 9.73 Å². The molecule has 182 valence electrons. The van der Waals surface area contributed by atoms with Crippen LogP contribution in [0.4, 0.5) is 0 Å². The Morgan fingerprint density at radius 3 is 2.56 bits per heavy atom. The Balaban J connectivity index is 0.00000289. The van der Waals surface area contributed by atoms with Crippen molar-refractivity contribution in [3.63, 3.8) is 0 Å². The number of nitrogens with one attached hydrogen (secondary N) is 1. The monoisotopic (exact) mass is 559 g/mol. The molecule has 0 amide bonds. The van der Waals surface area contributed by atoms with Gasteiger partial charge in [0, 0.05) is 37.4 Å². The maximum absolute atomic E-state index is 6.07. The maximum atomic E-state index is 6.07. The Bertz CT molecular complexity index is 726. The molecule has 1 unspecified atom stereocenters. The zero-order valence-electron chi connectivity index (χ0n) is 20.1. The van der Waals surface area contributed by atoms with Gasteiger partial charge in [0.25, 0.3) is 0 Å². The fraction of sp³-hybridized carbons (Fsp3) is 0.826. The van der Waals surface area contributed by atoms with Crippen LogP contribution in [0.25, 0.3) is 0 Å². The van der Waals surface area contributed by atoms with Gasteiger partial charge in [0.1, 0.15) is 6.10 Å². The number of aliphatic imine (C=N–C) groups is 1. The molecule has 32 heavy (non-hydrogen) atoms. The van der Waals surface area contributed by atoms with Crippen LogP contribution in [0.5, 0.6) is 0 Å². The molecule has 0 spiro atoms. The van der Waals surface area contributed by atoms with Crippen LogP contribution in [0, 0.1) is 0 Å². The van der Waals surface area contributed by atoms with Gasteiger partial charge in [-0.15, -0.1) is 24.0 Å². The van der Waals surface area contributed by atoms with Crippen molar-refractivity contribution in [2.75, 3.05) is 66.0 Å². The lowest BCUT2D eigenvalue weighted by atomic mass is 9.84. The normalized spacial score (nSPS) is 25.4. The molecule has 4 heterocycles. The minimum atomic E-state index is 0. The first-order chi connectivity index (χ1) is 15.1. The predicted octanol–water partition coefficient (Wildman–Crippen LogP) is 2.33. The second-order valence-corrected chi connectivity index (χ2v) is 9.50. The Hall–Kier alpha value is -0.910. The van der Waals surface area contributed by atoms with Gasteiger partial charge in [-0.05, 0) is 65.8 Å². The van der Waals surface area contributed by atoms with Crippen LogP contribution in [0.2, 0.25) is 0 Å². The molecule has 3 fully saturated rings. The Morgan fingerprint density at radius 2 is 1.91 bits per heavy atom. The van der Waals surface area contributed by atoms with Crippen LogP contribution in [0.15, 0.2) is 17.4 Å². The molecule has 0 saturated carbocycles. The molecule has 1 aromatic rings. The van der Waals surface area contributed by atoms with Crippen LogP contribution in [-0.2, 0) is 11.8 Å². The van der Waals surface area contributed by atoms with Crippen molar-refractivity contribution in [2.24, 2.45) is 12.0 Å². The van der Waals surface area contributed by atoms with Crippen molar-refractivity contribution in [3.8, 4) is 0 Å². The van der Waals surface area contributed by atoms with Crippen LogP contribution in [0.1, 0.15) is 50.7 Å². The molecule has 3 saturated heterocycles. The fourth-order valence-corrected chi connectivity index (χ4v) is 5.27. The van der Waals surface area contributed by atoms with Crippen molar-refractivity contribution in [2.45, 2.75) is 50.7 Å². The highest BCUT2D eigenvalue weighted by Gasteiger charge is 2.40. The highest BCUT2D eigenvalue weighted by atomic mass is 127. The van der Waals surface area contributed by atoms with Crippen molar-refractivity contribution >= 4 is 29.9 Å². The van der Waals surface area contributed by atoms with E-state index in [1.807, 2.05) is 17.9 Å². The zero-order valence-corrected chi connectivity index (χ0v) is 22.5. The van der Waals surface area contributed by atoms with E-state index < -0.39 is 0 Å². The zero-order chi connectivity index (χ0) is 21.7. The van der Waals surface area contributed by atoms with Gasteiger partial charge in [0.05, 0.1) is 25.9 Å². The van der Waals surface area contributed by atoms with Gasteiger partial charge >= 0.3 is 0 Å². The predicted molar refractivity (Wildman–Crippen MR) is 140 cm³/mol. The lowest BCUT2D eigenvalue weighted by molar-refractivity contribution is -0.00858. The second-order valence-electron chi connectivity index (χ2n) is 9.50. The number of rotatable bonds is 5. The number of morpholine rings is 1. The molecule has 1 N–H and O–H groups in total. The summed E-state index contributed by atoms with van der Waals surface area (Å²) in [5.41, 5.74) is 1.35. The van der Waals surface area contributed by atoms with Crippen LogP contribution < -0.4 is 5.32 Å². The quantitative estimate of drug-likeness (QED) is 0.340. The molecule has 0 radical (unpaired) electrons. The standard InChI is InChI=1S/C23H41N7O.HI/c1-4-24-22(29-14-15-31-21(18-29)20-16-26-28(3)17-20)25-19-23(8-12-27(2)13-9-23)30-10-6-5-7-11-30;/h16-17,21H,4-15,18-19H2,1-3H3,(H,24,25);1H. The minimum Gasteiger partial charge on any atom is -0.370 e. The Morgan fingerprint density at radius 1 is 1.16 bits per heavy atom. The molecular weight excluding hydrogens is 517 g/mol. The lowest BCUT2D eigenvalue weighted by Crippen LogP contribution is -2.58. The number of likely N-dealkylation sites (tertiary alicyclic amines) is 2. The van der Waals surface area contributed by atoms with Gasteiger partial charge in [0.2, 0.25) is 0 Å². The number of guanidine groups is 1. The smallest absolute Gasteiger partial charge is 0.194 e. The van der Waals surface area contributed by atoms with E-state index in [0.29, 0.717) is 6.61 Å². The summed E-state index contributed by atoms with van der Waals surface area (Å²) < 4.78 is 7.91. The second kappa shape index (κ2) is 12.0. The summed E-state index contributed by atoms with van der Waals surface area (Å²) in [6.07, 6.45) is 10.5. The molecule has 0 aromatic carbocycles. The van der Waals surface area contributed by atoms with Crippen molar-refractivity contribution in [1.29, 1.82) is 0 Å². The van der Waals surface area contributed by atoms with E-state index in [0.717, 1.165) is 37.7 Å². The number of hydrogen-bond donors (Lipinski definition) is 1. The van der Waals surface area contributed by atoms with E-state index in [-0.39, 0.29) is 35.6 Å². The number of nitrogens with zero attached hydrogens (tertiary/aromatic N) is 6. The summed E-state index contributed by atoms with van der Waals surface area (Å²) in [6, 6.07) is 0. The summed E-state index contributed by atoms with van der Waals surface area (Å²) in [5.74, 6) is 1.04. The largest absolute Gasteiger partial charge is 0.370 e. The number of hydrogen-bond acceptors (Lipinski definition) is 5. The minimum absolute atomic E-state index is 0. The van der Waals surface area contributed by atoms with Crippen LogP contribution in [0.3, 0.4) is 0 Å². The number of ether oxygens (including phenoxy) is 1. The van der Waals surface area contributed by atoms with E-state index >= 15 is 0 Å². The van der Waals surface area contributed by atoms with Gasteiger partial charge in [-0.2, -0.15) is 5.10 Å². The highest BCUT2D eigenvalue weighted by molar-refractivity contribution is 14.0. The van der Waals surface area contributed by atoms with Gasteiger partial charge in [0.15, 0.2) is 5.96 Å². The molecule has 9 heteroatoms. The first-order valence-electron chi connectivity index (χ1n) is 12.2. The molecule has 4 rings (SSSR count). The van der Waals surface area contributed by atoms with Crippen molar-refractivity contribution in [1.82, 2.24) is 29.8 Å². The molecule has 1 atom stereocenters. The van der Waals surface area contributed by atoms with E-state index in [1.54, 1.807) is 0 Å². The fourth-order valence-electron chi connectivity index (χ4n) is 5.27. The molecule has 3 aliphatic rings. The van der Waals surface area contributed by atoms with Crippen LogP contribution >= 0.6 is 24.0 Å². The van der Waals surface area contributed by atoms with Crippen molar-refractivity contribution in [3.05, 3.63) is 18.0 Å². The molecule has 1 aromatic heterocycles. The van der Waals surface area contributed by atoms with E-state index in [2.05, 4.69) is 45.3 Å². The first-order valence-corrected chi connectivity index (χ1v) is 12.2. The average molecular weight is 560 g/mol. The number of piperidine rings is 2. The van der Waals surface area contributed by atoms with Gasteiger partial charge in [-0.3, -0.25) is 14.6 Å². The third-order valence-electron chi connectivity index (χ3n) is 7.27. The number of aryl methyl sites for hydroxylation is 1. The SMILES string of the molecule is CCNC(=NCC1(N2CCCCC2)CCN(C)CC1)N1CCOC(c2cnn(C)c2)C1.I. The molecule has 0 bridgehead atoms. The molecular formula is C23H42IN7O. The summed E-state index contributed by atoms with van der Waals surface area (Å²) in [7, 11) is 4.21. The first kappa shape index (κ1) is 25.7. The molecule has 8 nitrogen and oxygen atoms in total. The number of halogens is 1. The van der Waals surface area contributed by atoms with E-state index in [9.17, 15) is 0 Å². The summed E-state index contributed by atoms with van der Waals surface area (Å²) >= 11 is 0. The van der Waals surface area contributed by atoms with Gasteiger partial charge in [-0.25, -0.2) is 0 Å². The van der Waals surface area contributed by atoms with Gasteiger partial charge in [-0.1, -0.05) is 6.42 Å². The Labute approximate surface area is 210 Å². The highest BCUT2D eigenvalue weighted by Crippen LogP contribution is 2.32. The van der Waals surface area contributed by atoms with E-state index in [1.165, 1.54) is 58.3 Å². The lowest BCUT2D eigenvalue weighted by Gasteiger charge is -2.49. The topological polar surface area (TPSA) is 61.2 Å². The Kier molecular flexibility index (Phi) is 9.63. The summed E-state index contributed by atoms with van der Waals surface area (Å²) in [5, 5.41) is 7.89.